The van der Waals surface area contributed by atoms with Gasteiger partial charge in [0.05, 0.1) is 11.4 Å². The number of aryl methyl sites for hydroxylation is 1. The molecule has 106 valence electrons. The van der Waals surface area contributed by atoms with Crippen molar-refractivity contribution in [2.45, 2.75) is 17.1 Å². The first-order valence-corrected chi connectivity index (χ1v) is 8.23. The van der Waals surface area contributed by atoms with E-state index < -0.39 is 15.1 Å². The lowest BCUT2D eigenvalue weighted by atomic mass is 10.1. The molecule has 0 aliphatic rings. The Kier molecular flexibility index (Phi) is 4.48. The molecule has 0 bridgehead atoms. The summed E-state index contributed by atoms with van der Waals surface area (Å²) in [5.74, 6) is 0. The van der Waals surface area contributed by atoms with E-state index in [9.17, 15) is 8.42 Å². The van der Waals surface area contributed by atoms with Crippen molar-refractivity contribution < 1.29 is 14.2 Å². The first kappa shape index (κ1) is 15.0. The highest BCUT2D eigenvalue weighted by Crippen LogP contribution is 2.30. The maximum absolute atomic E-state index is 12.7. The number of hydrogen-bond donors (Lipinski definition) is 1. The summed E-state index contributed by atoms with van der Waals surface area (Å²) in [4.78, 5) is 0.277. The fourth-order valence-corrected chi connectivity index (χ4v) is 4.09. The van der Waals surface area contributed by atoms with Crippen molar-refractivity contribution in [1.82, 2.24) is 0 Å². The van der Waals surface area contributed by atoms with E-state index in [1.54, 1.807) is 24.3 Å². The molecule has 0 aliphatic heterocycles. The molecule has 2 aromatic carbocycles. The molecule has 0 aliphatic carbocycles. The van der Waals surface area contributed by atoms with Gasteiger partial charge in [0.2, 0.25) is 0 Å². The van der Waals surface area contributed by atoms with Gasteiger partial charge in [-0.1, -0.05) is 35.9 Å². The van der Waals surface area contributed by atoms with Crippen LogP contribution < -0.4 is 5.73 Å². The van der Waals surface area contributed by atoms with Gasteiger partial charge in [0.1, 0.15) is 5.25 Å². The monoisotopic (exact) mass is 310 g/mol. The van der Waals surface area contributed by atoms with E-state index in [1.807, 2.05) is 31.2 Å². The fraction of sp³-hybridized carbons (Fsp3) is 0.200. The Morgan fingerprint density at radius 1 is 1.10 bits per heavy atom. The SMILES string of the molecule is Cc1ccccc1[C@H](C[NH3+])S(=O)(=O)c1ccc(Cl)cc1. The molecule has 2 aromatic rings. The molecule has 0 fully saturated rings. The smallest absolute Gasteiger partial charge is 0.190 e. The lowest BCUT2D eigenvalue weighted by molar-refractivity contribution is -0.367. The summed E-state index contributed by atoms with van der Waals surface area (Å²) < 4.78 is 25.5. The number of rotatable bonds is 4. The van der Waals surface area contributed by atoms with Gasteiger partial charge in [-0.3, -0.25) is 0 Å². The van der Waals surface area contributed by atoms with E-state index in [0.29, 0.717) is 5.02 Å². The van der Waals surface area contributed by atoms with Crippen LogP contribution in [0.5, 0.6) is 0 Å². The van der Waals surface area contributed by atoms with Crippen LogP contribution in [-0.4, -0.2) is 15.0 Å². The Morgan fingerprint density at radius 3 is 2.25 bits per heavy atom. The quantitative estimate of drug-likeness (QED) is 0.942. The van der Waals surface area contributed by atoms with Crippen molar-refractivity contribution in [3.8, 4) is 0 Å². The maximum Gasteiger partial charge on any atom is 0.190 e. The molecule has 0 saturated heterocycles. The van der Waals surface area contributed by atoms with Crippen LogP contribution in [0.3, 0.4) is 0 Å². The molecule has 5 heteroatoms. The maximum atomic E-state index is 12.7. The predicted molar refractivity (Wildman–Crippen MR) is 80.3 cm³/mol. The summed E-state index contributed by atoms with van der Waals surface area (Å²) in [6, 6.07) is 13.8. The van der Waals surface area contributed by atoms with Crippen LogP contribution >= 0.6 is 11.6 Å². The van der Waals surface area contributed by atoms with E-state index in [1.165, 1.54) is 0 Å². The zero-order valence-corrected chi connectivity index (χ0v) is 12.8. The molecule has 1 atom stereocenters. The largest absolute Gasteiger partial charge is 0.356 e. The van der Waals surface area contributed by atoms with Crippen LogP contribution in [0, 0.1) is 6.92 Å². The summed E-state index contributed by atoms with van der Waals surface area (Å²) in [6.07, 6.45) is 0. The summed E-state index contributed by atoms with van der Waals surface area (Å²) in [7, 11) is -3.46. The van der Waals surface area contributed by atoms with E-state index in [4.69, 9.17) is 11.6 Å². The second kappa shape index (κ2) is 5.95. The number of halogens is 1. The molecule has 0 amide bonds. The van der Waals surface area contributed by atoms with E-state index in [0.717, 1.165) is 11.1 Å². The van der Waals surface area contributed by atoms with Crippen molar-refractivity contribution in [3.05, 3.63) is 64.7 Å². The molecule has 0 aromatic heterocycles. The standard InChI is InChI=1S/C15H16ClNO2S/c1-11-4-2-3-5-14(11)15(10-17)20(18,19)13-8-6-12(16)7-9-13/h2-9,15H,10,17H2,1H3/p+1/t15-/m0/s1. The molecular weight excluding hydrogens is 294 g/mol. The van der Waals surface area contributed by atoms with Gasteiger partial charge in [-0.05, 0) is 42.3 Å². The molecule has 0 saturated carbocycles. The molecule has 0 unspecified atom stereocenters. The number of quaternary nitrogens is 1. The summed E-state index contributed by atoms with van der Waals surface area (Å²) in [6.45, 7) is 2.20. The lowest BCUT2D eigenvalue weighted by Gasteiger charge is -2.17. The minimum atomic E-state index is -3.46. The molecule has 0 spiro atoms. The second-order valence-corrected chi connectivity index (χ2v) is 7.20. The third-order valence-corrected chi connectivity index (χ3v) is 5.73. The molecule has 0 heterocycles. The lowest BCUT2D eigenvalue weighted by Crippen LogP contribution is -2.54. The van der Waals surface area contributed by atoms with Gasteiger partial charge in [0.15, 0.2) is 9.84 Å². The number of hydrogen-bond acceptors (Lipinski definition) is 2. The third-order valence-electron chi connectivity index (χ3n) is 3.31. The van der Waals surface area contributed by atoms with Crippen molar-refractivity contribution >= 4 is 21.4 Å². The van der Waals surface area contributed by atoms with E-state index in [-0.39, 0.29) is 11.4 Å². The highest BCUT2D eigenvalue weighted by Gasteiger charge is 2.30. The van der Waals surface area contributed by atoms with Crippen LogP contribution in [0.25, 0.3) is 0 Å². The summed E-state index contributed by atoms with van der Waals surface area (Å²) in [5.41, 5.74) is 5.57. The van der Waals surface area contributed by atoms with Crippen LogP contribution in [-0.2, 0) is 9.84 Å². The third kappa shape index (κ3) is 2.87. The Morgan fingerprint density at radius 2 is 1.70 bits per heavy atom. The van der Waals surface area contributed by atoms with Gasteiger partial charge in [-0.2, -0.15) is 0 Å². The van der Waals surface area contributed by atoms with Crippen LogP contribution in [0.15, 0.2) is 53.4 Å². The average Bonchev–Trinajstić information content (AvgIpc) is 2.42. The minimum Gasteiger partial charge on any atom is -0.356 e. The van der Waals surface area contributed by atoms with Crippen LogP contribution in [0.1, 0.15) is 16.4 Å². The van der Waals surface area contributed by atoms with Gasteiger partial charge in [-0.25, -0.2) is 8.42 Å². The van der Waals surface area contributed by atoms with E-state index >= 15 is 0 Å². The first-order valence-electron chi connectivity index (χ1n) is 6.31. The van der Waals surface area contributed by atoms with Crippen molar-refractivity contribution in [2.75, 3.05) is 6.54 Å². The summed E-state index contributed by atoms with van der Waals surface area (Å²) >= 11 is 5.81. The number of benzene rings is 2. The first-order chi connectivity index (χ1) is 9.46. The normalized spacial score (nSPS) is 13.2. The molecule has 3 nitrogen and oxygen atoms in total. The molecular formula is C15H17ClNO2S+. The Bertz CT molecular complexity index is 696. The zero-order valence-electron chi connectivity index (χ0n) is 11.2. The Labute approximate surface area is 124 Å². The number of sulfone groups is 1. The Hall–Kier alpha value is -1.36. The second-order valence-electron chi connectivity index (χ2n) is 4.63. The van der Waals surface area contributed by atoms with Gasteiger partial charge in [0, 0.05) is 5.02 Å². The predicted octanol–water partition coefficient (Wildman–Crippen LogP) is 2.41. The highest BCUT2D eigenvalue weighted by atomic mass is 35.5. The van der Waals surface area contributed by atoms with Crippen molar-refractivity contribution in [1.29, 1.82) is 0 Å². The van der Waals surface area contributed by atoms with Crippen molar-refractivity contribution in [3.63, 3.8) is 0 Å². The van der Waals surface area contributed by atoms with Gasteiger partial charge >= 0.3 is 0 Å². The summed E-state index contributed by atoms with van der Waals surface area (Å²) in [5, 5.41) is -0.115. The molecule has 0 radical (unpaired) electrons. The Balaban J connectivity index is 2.51. The molecule has 3 N–H and O–H groups in total. The fourth-order valence-electron chi connectivity index (χ4n) is 2.21. The van der Waals surface area contributed by atoms with Crippen LogP contribution in [0.2, 0.25) is 5.02 Å². The van der Waals surface area contributed by atoms with Gasteiger partial charge in [0.25, 0.3) is 0 Å². The van der Waals surface area contributed by atoms with Crippen LogP contribution in [0.4, 0.5) is 0 Å². The topological polar surface area (TPSA) is 61.8 Å². The zero-order chi connectivity index (χ0) is 14.8. The van der Waals surface area contributed by atoms with Crippen molar-refractivity contribution in [2.24, 2.45) is 0 Å². The van der Waals surface area contributed by atoms with E-state index in [2.05, 4.69) is 5.73 Å². The highest BCUT2D eigenvalue weighted by molar-refractivity contribution is 7.91. The molecule has 2 rings (SSSR count). The van der Waals surface area contributed by atoms with Gasteiger partial charge in [-0.15, -0.1) is 0 Å². The minimum absolute atomic E-state index is 0.277. The average molecular weight is 311 g/mol. The molecule has 20 heavy (non-hydrogen) atoms. The van der Waals surface area contributed by atoms with Gasteiger partial charge < -0.3 is 5.73 Å².